The molecular weight excluding hydrogens is 224 g/mol. The molecule has 1 aromatic carbocycles. The zero-order valence-corrected chi connectivity index (χ0v) is 8.79. The highest BCUT2D eigenvalue weighted by Crippen LogP contribution is 2.24. The lowest BCUT2D eigenvalue weighted by Gasteiger charge is -2.14. The number of fused-ring (bicyclic) bond motifs is 1. The molecule has 7 nitrogen and oxygen atoms in total. The highest BCUT2D eigenvalue weighted by molar-refractivity contribution is 5.89. The number of aliphatic hydroxyl groups is 2. The molecule has 2 atom stereocenters. The molecule has 0 saturated carbocycles. The van der Waals surface area contributed by atoms with Crippen LogP contribution >= 0.6 is 0 Å². The van der Waals surface area contributed by atoms with E-state index in [1.54, 1.807) is 18.2 Å². The molecule has 0 aliphatic carbocycles. The number of nitrogens with one attached hydrogen (secondary N) is 1. The smallest absolute Gasteiger partial charge is 0.249 e. The molecular formula is C10H12N4O3. The third-order valence-corrected chi connectivity index (χ3v) is 2.55. The fourth-order valence-corrected chi connectivity index (χ4v) is 1.58. The lowest BCUT2D eigenvalue weighted by Crippen LogP contribution is -2.33. The third-order valence-electron chi connectivity index (χ3n) is 2.55. The van der Waals surface area contributed by atoms with Gasteiger partial charge in [-0.05, 0) is 17.7 Å². The summed E-state index contributed by atoms with van der Waals surface area (Å²) in [6.45, 7) is 0. The Morgan fingerprint density at radius 1 is 1.41 bits per heavy atom. The van der Waals surface area contributed by atoms with E-state index in [0.717, 1.165) is 0 Å². The van der Waals surface area contributed by atoms with Crippen molar-refractivity contribution in [1.82, 2.24) is 10.2 Å². The number of carbonyl (C=O) groups excluding carboxylic acids is 1. The number of aliphatic hydroxyl groups excluding tert-OH is 2. The van der Waals surface area contributed by atoms with Crippen molar-refractivity contribution in [3.05, 3.63) is 23.8 Å². The second-order valence-corrected chi connectivity index (χ2v) is 3.71. The average Bonchev–Trinajstić information content (AvgIpc) is 2.68. The molecule has 90 valence electrons. The van der Waals surface area contributed by atoms with E-state index in [9.17, 15) is 15.0 Å². The van der Waals surface area contributed by atoms with Crippen LogP contribution in [-0.4, -0.2) is 32.4 Å². The van der Waals surface area contributed by atoms with Gasteiger partial charge in [-0.15, -0.1) is 0 Å². The van der Waals surface area contributed by atoms with E-state index in [0.29, 0.717) is 22.3 Å². The Morgan fingerprint density at radius 2 is 2.12 bits per heavy atom. The van der Waals surface area contributed by atoms with Crippen molar-refractivity contribution >= 4 is 22.6 Å². The van der Waals surface area contributed by atoms with Crippen molar-refractivity contribution in [1.29, 1.82) is 0 Å². The summed E-state index contributed by atoms with van der Waals surface area (Å²) in [7, 11) is 0. The molecule has 0 aliphatic heterocycles. The summed E-state index contributed by atoms with van der Waals surface area (Å²) in [5.41, 5.74) is 11.4. The lowest BCUT2D eigenvalue weighted by molar-refractivity contribution is -0.131. The van der Waals surface area contributed by atoms with E-state index in [-0.39, 0.29) is 0 Å². The summed E-state index contributed by atoms with van der Waals surface area (Å²) >= 11 is 0. The van der Waals surface area contributed by atoms with Crippen LogP contribution in [0.25, 0.3) is 10.9 Å². The molecule has 0 saturated heterocycles. The first-order chi connectivity index (χ1) is 8.00. The minimum Gasteiger partial charge on any atom is -0.385 e. The van der Waals surface area contributed by atoms with Crippen molar-refractivity contribution in [2.24, 2.45) is 5.73 Å². The zero-order valence-electron chi connectivity index (χ0n) is 8.79. The van der Waals surface area contributed by atoms with Gasteiger partial charge in [-0.1, -0.05) is 6.07 Å². The van der Waals surface area contributed by atoms with Crippen LogP contribution in [0, 0.1) is 0 Å². The summed E-state index contributed by atoms with van der Waals surface area (Å²) in [5.74, 6) is -0.641. The van der Waals surface area contributed by atoms with Gasteiger partial charge in [0.1, 0.15) is 6.10 Å². The van der Waals surface area contributed by atoms with Gasteiger partial charge < -0.3 is 21.7 Å². The van der Waals surface area contributed by atoms with E-state index >= 15 is 0 Å². The van der Waals surface area contributed by atoms with E-state index in [2.05, 4.69) is 10.2 Å². The van der Waals surface area contributed by atoms with Crippen molar-refractivity contribution in [3.8, 4) is 0 Å². The number of H-pyrrole nitrogens is 1. The number of nitrogens with two attached hydrogens (primary N) is 2. The first kappa shape index (κ1) is 11.4. The number of aromatic amines is 1. The maximum Gasteiger partial charge on any atom is 0.249 e. The van der Waals surface area contributed by atoms with Gasteiger partial charge >= 0.3 is 0 Å². The zero-order chi connectivity index (χ0) is 12.6. The number of aromatic nitrogens is 2. The number of primary amides is 1. The fourth-order valence-electron chi connectivity index (χ4n) is 1.58. The molecule has 2 aromatic rings. The Labute approximate surface area is 96.0 Å². The number of nitrogens with zero attached hydrogens (tertiary/aromatic N) is 1. The molecule has 1 amide bonds. The van der Waals surface area contributed by atoms with Gasteiger partial charge in [0.25, 0.3) is 0 Å². The molecule has 7 N–H and O–H groups in total. The minimum absolute atomic E-state index is 0.344. The van der Waals surface area contributed by atoms with Crippen LogP contribution in [0.5, 0.6) is 0 Å². The van der Waals surface area contributed by atoms with Crippen LogP contribution in [-0.2, 0) is 4.79 Å². The number of amides is 1. The first-order valence-electron chi connectivity index (χ1n) is 4.89. The molecule has 1 heterocycles. The lowest BCUT2D eigenvalue weighted by atomic mass is 10.0. The topological polar surface area (TPSA) is 138 Å². The molecule has 0 bridgehead atoms. The van der Waals surface area contributed by atoms with Crippen LogP contribution in [0.2, 0.25) is 0 Å². The number of benzene rings is 1. The molecule has 2 rings (SSSR count). The van der Waals surface area contributed by atoms with Gasteiger partial charge in [-0.2, -0.15) is 5.10 Å². The molecule has 17 heavy (non-hydrogen) atoms. The van der Waals surface area contributed by atoms with Crippen molar-refractivity contribution in [2.45, 2.75) is 12.2 Å². The molecule has 7 heteroatoms. The Morgan fingerprint density at radius 3 is 2.76 bits per heavy atom. The molecule has 0 radical (unpaired) electrons. The summed E-state index contributed by atoms with van der Waals surface area (Å²) in [5, 5.41) is 26.2. The van der Waals surface area contributed by atoms with Gasteiger partial charge in [0.2, 0.25) is 5.91 Å². The standard InChI is InChI=1S/C10H12N4O3/c11-9-5-2-1-4(3-6(5)13-14-9)7(15)8(16)10(12)17/h1-3,7-8,15-16H,(H2,12,17)(H3,11,13,14). The van der Waals surface area contributed by atoms with E-state index in [1.165, 1.54) is 0 Å². The Kier molecular flexibility index (Phi) is 2.70. The Hall–Kier alpha value is -2.12. The Balaban J connectivity index is 2.39. The maximum atomic E-state index is 10.8. The number of anilines is 1. The molecule has 0 spiro atoms. The van der Waals surface area contributed by atoms with Gasteiger partial charge in [0.05, 0.1) is 5.52 Å². The number of rotatable bonds is 3. The first-order valence-corrected chi connectivity index (χ1v) is 4.89. The van der Waals surface area contributed by atoms with Crippen LogP contribution in [0.15, 0.2) is 18.2 Å². The van der Waals surface area contributed by atoms with Gasteiger partial charge in [-0.3, -0.25) is 9.89 Å². The number of hydrogen-bond acceptors (Lipinski definition) is 5. The van der Waals surface area contributed by atoms with Crippen LogP contribution < -0.4 is 11.5 Å². The van der Waals surface area contributed by atoms with Crippen LogP contribution in [0.3, 0.4) is 0 Å². The summed E-state index contributed by atoms with van der Waals surface area (Å²) in [6, 6.07) is 4.74. The largest absolute Gasteiger partial charge is 0.385 e. The maximum absolute atomic E-state index is 10.8. The summed E-state index contributed by atoms with van der Waals surface area (Å²) < 4.78 is 0. The van der Waals surface area contributed by atoms with E-state index in [1.807, 2.05) is 0 Å². The predicted octanol–water partition coefficient (Wildman–Crippen LogP) is -0.975. The molecule has 0 aliphatic rings. The fraction of sp³-hybridized carbons (Fsp3) is 0.200. The second kappa shape index (κ2) is 4.04. The normalized spacial score (nSPS) is 14.7. The highest BCUT2D eigenvalue weighted by atomic mass is 16.3. The molecule has 1 aromatic heterocycles. The van der Waals surface area contributed by atoms with Gasteiger partial charge in [0.15, 0.2) is 11.9 Å². The van der Waals surface area contributed by atoms with Crippen LogP contribution in [0.4, 0.5) is 5.82 Å². The Bertz CT molecular complexity index is 566. The third kappa shape index (κ3) is 1.93. The van der Waals surface area contributed by atoms with Crippen molar-refractivity contribution in [3.63, 3.8) is 0 Å². The van der Waals surface area contributed by atoms with Crippen LogP contribution in [0.1, 0.15) is 11.7 Å². The minimum atomic E-state index is -1.65. The number of hydrogen-bond donors (Lipinski definition) is 5. The second-order valence-electron chi connectivity index (χ2n) is 3.71. The SMILES string of the molecule is NC(=O)C(O)C(O)c1ccc2c(N)n[nH]c2c1. The quantitative estimate of drug-likeness (QED) is 0.466. The number of carbonyl (C=O) groups is 1. The molecule has 2 unspecified atom stereocenters. The summed E-state index contributed by atoms with van der Waals surface area (Å²) in [6.07, 6.45) is -3.02. The molecule has 0 fully saturated rings. The van der Waals surface area contributed by atoms with Crippen molar-refractivity contribution in [2.75, 3.05) is 5.73 Å². The average molecular weight is 236 g/mol. The predicted molar refractivity (Wildman–Crippen MR) is 60.7 cm³/mol. The van der Waals surface area contributed by atoms with Gasteiger partial charge in [0, 0.05) is 5.39 Å². The number of nitrogen functional groups attached to an aromatic ring is 1. The highest BCUT2D eigenvalue weighted by Gasteiger charge is 2.23. The van der Waals surface area contributed by atoms with E-state index in [4.69, 9.17) is 11.5 Å². The summed E-state index contributed by atoms with van der Waals surface area (Å²) in [4.78, 5) is 10.8. The van der Waals surface area contributed by atoms with Gasteiger partial charge in [-0.25, -0.2) is 0 Å². The monoisotopic (exact) mass is 236 g/mol. The van der Waals surface area contributed by atoms with E-state index < -0.39 is 18.1 Å². The van der Waals surface area contributed by atoms with Crippen molar-refractivity contribution < 1.29 is 15.0 Å².